The molecule has 1 aromatic carbocycles. The number of carbonyl (C=O) groups is 1. The van der Waals surface area contributed by atoms with Crippen LogP contribution in [0.15, 0.2) is 47.8 Å². The maximum atomic E-state index is 15.0. The first-order valence-electron chi connectivity index (χ1n) is 13.9. The number of aromatic nitrogens is 5. The zero-order valence-corrected chi connectivity index (χ0v) is 25.4. The van der Waals surface area contributed by atoms with E-state index in [2.05, 4.69) is 27.5 Å². The Balaban J connectivity index is 1.85. The van der Waals surface area contributed by atoms with Gasteiger partial charge in [0, 0.05) is 30.7 Å². The summed E-state index contributed by atoms with van der Waals surface area (Å²) >= 11 is 6.79. The summed E-state index contributed by atoms with van der Waals surface area (Å²) in [6, 6.07) is 7.42. The number of hydrogen-bond acceptors (Lipinski definition) is 7. The van der Waals surface area contributed by atoms with Crippen molar-refractivity contribution in [2.45, 2.75) is 52.6 Å². The minimum absolute atomic E-state index is 0.139. The second-order valence-corrected chi connectivity index (χ2v) is 11.3. The van der Waals surface area contributed by atoms with E-state index in [0.717, 1.165) is 0 Å². The van der Waals surface area contributed by atoms with Crippen LogP contribution in [0.25, 0.3) is 28.0 Å². The second-order valence-electron chi connectivity index (χ2n) is 10.9. The van der Waals surface area contributed by atoms with Crippen LogP contribution in [0, 0.1) is 25.1 Å². The highest BCUT2D eigenvalue weighted by atomic mass is 35.5. The van der Waals surface area contributed by atoms with E-state index in [-0.39, 0.29) is 51.7 Å². The molecule has 4 heterocycles. The van der Waals surface area contributed by atoms with Gasteiger partial charge in [0.05, 0.1) is 33.2 Å². The highest BCUT2D eigenvalue weighted by Gasteiger charge is 2.34. The number of piperazine rings is 1. The fraction of sp³-hybridized carbons (Fsp3) is 0.312. The molecule has 1 fully saturated rings. The molecule has 220 valence electrons. The minimum atomic E-state index is -0.622. The number of pyridine rings is 1. The van der Waals surface area contributed by atoms with Crippen LogP contribution in [-0.2, 0) is 4.79 Å². The Bertz CT molecular complexity index is 1880. The zero-order chi connectivity index (χ0) is 31.2. The van der Waals surface area contributed by atoms with E-state index < -0.39 is 11.5 Å². The van der Waals surface area contributed by atoms with Gasteiger partial charge in [-0.05, 0) is 56.9 Å². The van der Waals surface area contributed by atoms with Gasteiger partial charge in [-0.1, -0.05) is 44.2 Å². The van der Waals surface area contributed by atoms with Crippen molar-refractivity contribution in [1.29, 1.82) is 0 Å². The lowest BCUT2D eigenvalue weighted by molar-refractivity contribution is -0.128. The van der Waals surface area contributed by atoms with Crippen molar-refractivity contribution >= 4 is 34.4 Å². The maximum absolute atomic E-state index is 15.0. The molecular weight excluding hydrogens is 569 g/mol. The summed E-state index contributed by atoms with van der Waals surface area (Å²) in [6.07, 6.45) is 6.92. The van der Waals surface area contributed by atoms with Gasteiger partial charge in [-0.2, -0.15) is 4.98 Å². The third-order valence-corrected chi connectivity index (χ3v) is 7.92. The molecule has 2 unspecified atom stereocenters. The molecule has 11 heteroatoms. The molecule has 1 amide bonds. The molecule has 0 saturated carbocycles. The number of nitrogens with zero attached hydrogens (tertiary/aromatic N) is 7. The molecule has 1 saturated heterocycles. The number of aryl methyl sites for hydroxylation is 1. The number of rotatable bonds is 5. The fourth-order valence-corrected chi connectivity index (χ4v) is 5.80. The number of anilines is 1. The Morgan fingerprint density at radius 2 is 1.88 bits per heavy atom. The van der Waals surface area contributed by atoms with Crippen LogP contribution in [0.3, 0.4) is 0 Å². The summed E-state index contributed by atoms with van der Waals surface area (Å²) in [5.41, 5.74) is 1.36. The molecule has 0 bridgehead atoms. The normalized spacial score (nSPS) is 16.9. The van der Waals surface area contributed by atoms with E-state index >= 15 is 4.39 Å². The molecule has 0 N–H and O–H groups in total. The predicted molar refractivity (Wildman–Crippen MR) is 166 cm³/mol. The van der Waals surface area contributed by atoms with E-state index in [9.17, 15) is 9.59 Å². The van der Waals surface area contributed by atoms with Crippen LogP contribution in [0.4, 0.5) is 10.2 Å². The van der Waals surface area contributed by atoms with E-state index in [1.807, 2.05) is 32.6 Å². The fourth-order valence-electron chi connectivity index (χ4n) is 5.55. The predicted octanol–water partition coefficient (Wildman–Crippen LogP) is 5.05. The lowest BCUT2D eigenvalue weighted by atomic mass is 10.1. The third kappa shape index (κ3) is 5.25. The zero-order valence-electron chi connectivity index (χ0n) is 24.6. The highest BCUT2D eigenvalue weighted by Crippen LogP contribution is 2.36. The minimum Gasteiger partial charge on any atom is -0.349 e. The van der Waals surface area contributed by atoms with E-state index in [4.69, 9.17) is 23.0 Å². The largest absolute Gasteiger partial charge is 0.355 e. The quantitative estimate of drug-likeness (QED) is 0.234. The van der Waals surface area contributed by atoms with Crippen LogP contribution in [0.5, 0.6) is 0 Å². The maximum Gasteiger partial charge on any atom is 0.355 e. The molecule has 1 aliphatic heterocycles. The molecule has 4 aromatic rings. The molecule has 3 aromatic heterocycles. The summed E-state index contributed by atoms with van der Waals surface area (Å²) < 4.78 is 16.4. The summed E-state index contributed by atoms with van der Waals surface area (Å²) in [5, 5.41) is 0.661. The first-order chi connectivity index (χ1) is 20.5. The van der Waals surface area contributed by atoms with Crippen molar-refractivity contribution in [2.24, 2.45) is 0 Å². The van der Waals surface area contributed by atoms with Crippen molar-refractivity contribution in [3.8, 4) is 29.3 Å². The van der Waals surface area contributed by atoms with Crippen LogP contribution >= 0.6 is 11.6 Å². The van der Waals surface area contributed by atoms with E-state index in [1.54, 1.807) is 36.1 Å². The molecule has 43 heavy (non-hydrogen) atoms. The van der Waals surface area contributed by atoms with Gasteiger partial charge in [-0.3, -0.25) is 4.79 Å². The second kappa shape index (κ2) is 11.6. The first-order valence-corrected chi connectivity index (χ1v) is 14.3. The number of hydrogen-bond donors (Lipinski definition) is 0. The van der Waals surface area contributed by atoms with Crippen LogP contribution in [-0.4, -0.2) is 60.5 Å². The van der Waals surface area contributed by atoms with Crippen molar-refractivity contribution in [1.82, 2.24) is 29.4 Å². The number of halogens is 2. The van der Waals surface area contributed by atoms with E-state index in [1.165, 1.54) is 16.7 Å². The van der Waals surface area contributed by atoms with Gasteiger partial charge < -0.3 is 9.80 Å². The van der Waals surface area contributed by atoms with Crippen LogP contribution in [0.2, 0.25) is 5.02 Å². The lowest BCUT2D eigenvalue weighted by Gasteiger charge is -2.44. The topological polar surface area (TPSA) is 97.1 Å². The molecule has 2 atom stereocenters. The van der Waals surface area contributed by atoms with Crippen LogP contribution in [0.1, 0.15) is 50.8 Å². The van der Waals surface area contributed by atoms with Crippen molar-refractivity contribution in [2.75, 3.05) is 18.0 Å². The third-order valence-electron chi connectivity index (χ3n) is 7.63. The Labute approximate surface area is 254 Å². The molecule has 0 spiro atoms. The van der Waals surface area contributed by atoms with Crippen molar-refractivity contribution < 1.29 is 9.18 Å². The Morgan fingerprint density at radius 3 is 2.53 bits per heavy atom. The summed E-state index contributed by atoms with van der Waals surface area (Å²) in [5.74, 6) is 2.22. The van der Waals surface area contributed by atoms with Gasteiger partial charge in [-0.15, -0.1) is 6.42 Å². The van der Waals surface area contributed by atoms with Gasteiger partial charge in [0.25, 0.3) is 0 Å². The monoisotopic (exact) mass is 599 g/mol. The average molecular weight is 600 g/mol. The molecule has 0 aliphatic carbocycles. The number of terminal acetylenes is 1. The molecular formula is C32H31ClFN7O2. The van der Waals surface area contributed by atoms with Crippen LogP contribution < -0.4 is 10.6 Å². The Morgan fingerprint density at radius 1 is 1.16 bits per heavy atom. The number of fused-ring (bicyclic) bond motifs is 1. The Hall–Kier alpha value is -4.62. The number of carbonyl (C=O) groups excluding carboxylic acids is 1. The average Bonchev–Trinajstić information content (AvgIpc) is 2.97. The van der Waals surface area contributed by atoms with Gasteiger partial charge in [0.15, 0.2) is 5.65 Å². The van der Waals surface area contributed by atoms with Gasteiger partial charge >= 0.3 is 5.69 Å². The first kappa shape index (κ1) is 29.9. The molecule has 5 rings (SSSR count). The molecule has 0 radical (unpaired) electrons. The smallest absolute Gasteiger partial charge is 0.349 e. The van der Waals surface area contributed by atoms with E-state index in [0.29, 0.717) is 41.4 Å². The van der Waals surface area contributed by atoms with Gasteiger partial charge in [-0.25, -0.2) is 28.7 Å². The van der Waals surface area contributed by atoms with Crippen molar-refractivity contribution in [3.63, 3.8) is 0 Å². The van der Waals surface area contributed by atoms with Gasteiger partial charge in [0.2, 0.25) is 11.7 Å². The SMILES string of the molecule is C#Cc1nc(C)c(-n2c(=O)nc(N3CC(C)N(C(=O)C=C)CC3C)c3cc(Cl)c(-c4ccccc4F)nc32)c(C(C)C)n1. The molecule has 1 aliphatic rings. The van der Waals surface area contributed by atoms with Crippen molar-refractivity contribution in [3.05, 3.63) is 81.5 Å². The molecule has 9 nitrogen and oxygen atoms in total. The summed E-state index contributed by atoms with van der Waals surface area (Å²) in [6.45, 7) is 13.9. The summed E-state index contributed by atoms with van der Waals surface area (Å²) in [4.78, 5) is 48.7. The summed E-state index contributed by atoms with van der Waals surface area (Å²) in [7, 11) is 0. The standard InChI is InChI=1S/C32H31ClFN7O2/c1-8-25-35-20(7)29(27(36-25)17(3)4)41-31-22(14-23(33)28(37-31)21-12-10-11-13-24(21)34)30(38-32(41)43)40-16-18(5)39(15-19(40)6)26(42)9-2/h1,9-14,17-19H,2,15-16H2,3-7H3. The lowest BCUT2D eigenvalue weighted by Crippen LogP contribution is -2.58. The Kier molecular flexibility index (Phi) is 8.04. The highest BCUT2D eigenvalue weighted by molar-refractivity contribution is 6.33. The number of benzene rings is 1. The van der Waals surface area contributed by atoms with Gasteiger partial charge in [0.1, 0.15) is 11.6 Å². The number of amides is 1.